The van der Waals surface area contributed by atoms with Crippen molar-refractivity contribution in [3.63, 3.8) is 0 Å². The second kappa shape index (κ2) is 7.62. The average molecular weight is 378 g/mol. The summed E-state index contributed by atoms with van der Waals surface area (Å²) >= 11 is 0. The van der Waals surface area contributed by atoms with E-state index in [1.54, 1.807) is 30.3 Å². The minimum absolute atomic E-state index is 0.0151. The molecule has 0 saturated heterocycles. The number of carbonyl (C=O) groups excluding carboxylic acids is 1. The van der Waals surface area contributed by atoms with Gasteiger partial charge in [0.1, 0.15) is 17.1 Å². The lowest BCUT2D eigenvalue weighted by Gasteiger charge is -2.35. The highest BCUT2D eigenvalue weighted by Gasteiger charge is 2.38. The third kappa shape index (κ3) is 4.81. The van der Waals surface area contributed by atoms with Gasteiger partial charge in [0.15, 0.2) is 0 Å². The van der Waals surface area contributed by atoms with Gasteiger partial charge in [0.05, 0.1) is 11.1 Å². The number of benzene rings is 2. The molecule has 3 rings (SSSR count). The van der Waals surface area contributed by atoms with E-state index in [4.69, 9.17) is 9.47 Å². The summed E-state index contributed by atoms with van der Waals surface area (Å²) in [6.07, 6.45) is -0.329. The SMILES string of the molecule is CC1(Oc2cc(C(=O)Oc3ccccc3)ccc2C(F)(F)F)CCCCC1. The molecule has 2 aromatic rings. The van der Waals surface area contributed by atoms with Gasteiger partial charge in [-0.2, -0.15) is 13.2 Å². The normalized spacial score (nSPS) is 16.6. The molecule has 6 heteroatoms. The number of alkyl halides is 3. The number of hydrogen-bond donors (Lipinski definition) is 0. The lowest BCUT2D eigenvalue weighted by atomic mass is 9.86. The number of rotatable bonds is 4. The van der Waals surface area contributed by atoms with Crippen molar-refractivity contribution >= 4 is 5.97 Å². The Labute approximate surface area is 156 Å². The molecule has 1 fully saturated rings. The molecule has 0 radical (unpaired) electrons. The molecule has 144 valence electrons. The molecule has 1 saturated carbocycles. The average Bonchev–Trinajstić information content (AvgIpc) is 2.62. The van der Waals surface area contributed by atoms with Crippen LogP contribution in [0.3, 0.4) is 0 Å². The summed E-state index contributed by atoms with van der Waals surface area (Å²) in [6, 6.07) is 11.5. The standard InChI is InChI=1S/C21H21F3O3/c1-20(12-6-3-7-13-20)27-18-14-15(10-11-17(18)21(22,23)24)19(25)26-16-8-4-2-5-9-16/h2,4-5,8-11,14H,3,6-7,12-13H2,1H3. The van der Waals surface area contributed by atoms with Gasteiger partial charge in [0.25, 0.3) is 0 Å². The Balaban J connectivity index is 1.89. The van der Waals surface area contributed by atoms with E-state index in [2.05, 4.69) is 0 Å². The van der Waals surface area contributed by atoms with Gasteiger partial charge in [0.2, 0.25) is 0 Å². The van der Waals surface area contributed by atoms with Gasteiger partial charge in [-0.05, 0) is 62.9 Å². The highest BCUT2D eigenvalue weighted by Crippen LogP contribution is 2.41. The number of halogens is 3. The number of ether oxygens (including phenoxy) is 2. The Morgan fingerprint density at radius 3 is 2.30 bits per heavy atom. The summed E-state index contributed by atoms with van der Waals surface area (Å²) in [6.45, 7) is 1.82. The largest absolute Gasteiger partial charge is 0.487 e. The minimum atomic E-state index is -4.57. The van der Waals surface area contributed by atoms with Crippen LogP contribution in [-0.2, 0) is 6.18 Å². The predicted molar refractivity (Wildman–Crippen MR) is 95.0 cm³/mol. The zero-order valence-electron chi connectivity index (χ0n) is 15.0. The fourth-order valence-corrected chi connectivity index (χ4v) is 3.29. The quantitative estimate of drug-likeness (QED) is 0.482. The van der Waals surface area contributed by atoms with Crippen LogP contribution in [0.2, 0.25) is 0 Å². The Bertz CT molecular complexity index is 794. The Morgan fingerprint density at radius 2 is 1.67 bits per heavy atom. The topological polar surface area (TPSA) is 35.5 Å². The summed E-state index contributed by atoms with van der Waals surface area (Å²) < 4.78 is 51.3. The smallest absolute Gasteiger partial charge is 0.419 e. The van der Waals surface area contributed by atoms with Crippen molar-refractivity contribution in [2.75, 3.05) is 0 Å². The van der Waals surface area contributed by atoms with E-state index in [1.165, 1.54) is 0 Å². The van der Waals surface area contributed by atoms with Crippen LogP contribution in [0.1, 0.15) is 54.9 Å². The van der Waals surface area contributed by atoms with Crippen LogP contribution in [-0.4, -0.2) is 11.6 Å². The maximum absolute atomic E-state index is 13.4. The molecule has 2 aromatic carbocycles. The lowest BCUT2D eigenvalue weighted by Crippen LogP contribution is -2.35. The van der Waals surface area contributed by atoms with Gasteiger partial charge < -0.3 is 9.47 Å². The number of hydrogen-bond acceptors (Lipinski definition) is 3. The number of esters is 1. The minimum Gasteiger partial charge on any atom is -0.487 e. The lowest BCUT2D eigenvalue weighted by molar-refractivity contribution is -0.140. The number of para-hydroxylation sites is 1. The van der Waals surface area contributed by atoms with Gasteiger partial charge in [-0.15, -0.1) is 0 Å². The molecule has 0 N–H and O–H groups in total. The third-order valence-electron chi connectivity index (χ3n) is 4.74. The van der Waals surface area contributed by atoms with Crippen molar-refractivity contribution < 1.29 is 27.4 Å². The van der Waals surface area contributed by atoms with E-state index in [-0.39, 0.29) is 11.3 Å². The molecular weight excluding hydrogens is 357 g/mol. The molecule has 0 spiro atoms. The van der Waals surface area contributed by atoms with E-state index in [0.717, 1.165) is 37.5 Å². The van der Waals surface area contributed by atoms with Gasteiger partial charge in [-0.1, -0.05) is 24.6 Å². The van der Waals surface area contributed by atoms with Crippen LogP contribution in [0, 0.1) is 0 Å². The van der Waals surface area contributed by atoms with E-state index in [9.17, 15) is 18.0 Å². The maximum Gasteiger partial charge on any atom is 0.419 e. The summed E-state index contributed by atoms with van der Waals surface area (Å²) in [4.78, 5) is 12.3. The van der Waals surface area contributed by atoms with Crippen LogP contribution in [0.15, 0.2) is 48.5 Å². The van der Waals surface area contributed by atoms with Gasteiger partial charge in [-0.25, -0.2) is 4.79 Å². The van der Waals surface area contributed by atoms with Crippen molar-refractivity contribution in [1.82, 2.24) is 0 Å². The van der Waals surface area contributed by atoms with Crippen molar-refractivity contribution in [1.29, 1.82) is 0 Å². The fourth-order valence-electron chi connectivity index (χ4n) is 3.29. The van der Waals surface area contributed by atoms with Crippen LogP contribution in [0.4, 0.5) is 13.2 Å². The summed E-state index contributed by atoms with van der Waals surface area (Å²) in [5.41, 5.74) is -1.54. The highest BCUT2D eigenvalue weighted by atomic mass is 19.4. The van der Waals surface area contributed by atoms with E-state index in [0.29, 0.717) is 18.6 Å². The van der Waals surface area contributed by atoms with Crippen LogP contribution < -0.4 is 9.47 Å². The summed E-state index contributed by atoms with van der Waals surface area (Å²) in [5.74, 6) is -0.730. The summed E-state index contributed by atoms with van der Waals surface area (Å²) in [5, 5.41) is 0. The first-order valence-electron chi connectivity index (χ1n) is 8.94. The monoisotopic (exact) mass is 378 g/mol. The van der Waals surface area contributed by atoms with Gasteiger partial charge >= 0.3 is 12.1 Å². The molecule has 0 bridgehead atoms. The van der Waals surface area contributed by atoms with Crippen molar-refractivity contribution in [2.24, 2.45) is 0 Å². The second-order valence-electron chi connectivity index (χ2n) is 7.02. The Kier molecular flexibility index (Phi) is 5.44. The molecule has 0 heterocycles. The van der Waals surface area contributed by atoms with Crippen LogP contribution >= 0.6 is 0 Å². The van der Waals surface area contributed by atoms with Gasteiger partial charge in [-0.3, -0.25) is 0 Å². The molecule has 0 unspecified atom stereocenters. The van der Waals surface area contributed by atoms with Crippen molar-refractivity contribution in [3.05, 3.63) is 59.7 Å². The Morgan fingerprint density at radius 1 is 1.00 bits per heavy atom. The summed E-state index contributed by atoms with van der Waals surface area (Å²) in [7, 11) is 0. The third-order valence-corrected chi connectivity index (χ3v) is 4.74. The first-order valence-corrected chi connectivity index (χ1v) is 8.94. The maximum atomic E-state index is 13.4. The van der Waals surface area contributed by atoms with Crippen LogP contribution in [0.25, 0.3) is 0 Å². The molecule has 0 aliphatic heterocycles. The van der Waals surface area contributed by atoms with Crippen molar-refractivity contribution in [2.45, 2.75) is 50.8 Å². The first-order chi connectivity index (χ1) is 12.8. The molecule has 0 atom stereocenters. The zero-order valence-corrected chi connectivity index (χ0v) is 15.0. The molecule has 0 amide bonds. The van der Waals surface area contributed by atoms with E-state index in [1.807, 2.05) is 6.92 Å². The van der Waals surface area contributed by atoms with Gasteiger partial charge in [0, 0.05) is 0 Å². The van der Waals surface area contributed by atoms with Crippen LogP contribution in [0.5, 0.6) is 11.5 Å². The highest BCUT2D eigenvalue weighted by molar-refractivity contribution is 5.91. The molecule has 1 aliphatic rings. The fraction of sp³-hybridized carbons (Fsp3) is 0.381. The molecule has 0 aromatic heterocycles. The second-order valence-corrected chi connectivity index (χ2v) is 7.02. The Hall–Kier alpha value is -2.50. The van der Waals surface area contributed by atoms with E-state index < -0.39 is 23.3 Å². The molecule has 3 nitrogen and oxygen atoms in total. The first kappa shape index (κ1) is 19.3. The van der Waals surface area contributed by atoms with Crippen molar-refractivity contribution in [3.8, 4) is 11.5 Å². The number of carbonyl (C=O) groups is 1. The molecule has 1 aliphatic carbocycles. The molecule has 27 heavy (non-hydrogen) atoms. The zero-order chi connectivity index (χ0) is 19.5. The predicted octanol–water partition coefficient (Wildman–Crippen LogP) is 6.03. The molecular formula is C21H21F3O3. The van der Waals surface area contributed by atoms with E-state index >= 15 is 0 Å².